The molecular weight excluding hydrogens is 205 g/mol. The lowest BCUT2D eigenvalue weighted by molar-refractivity contribution is 0.404. The van der Waals surface area contributed by atoms with Gasteiger partial charge in [0, 0.05) is 18.2 Å². The molecule has 1 aromatic carbocycles. The van der Waals surface area contributed by atoms with Gasteiger partial charge in [-0.1, -0.05) is 26.0 Å². The number of hydrogen-bond donors (Lipinski definition) is 1. The summed E-state index contributed by atoms with van der Waals surface area (Å²) in [4.78, 5) is 0. The topological polar surface area (TPSA) is 35.2 Å². The van der Waals surface area contributed by atoms with Gasteiger partial charge in [-0.05, 0) is 17.5 Å². The lowest BCUT2D eigenvalue weighted by Crippen LogP contribution is -1.99. The van der Waals surface area contributed by atoms with Gasteiger partial charge in [0.15, 0.2) is 0 Å². The van der Waals surface area contributed by atoms with E-state index in [0.717, 1.165) is 11.1 Å². The molecule has 0 unspecified atom stereocenters. The molecule has 0 heterocycles. The molecule has 0 aromatic heterocycles. The van der Waals surface area contributed by atoms with Crippen molar-refractivity contribution in [2.24, 2.45) is 5.73 Å². The molecule has 1 aromatic rings. The van der Waals surface area contributed by atoms with Crippen LogP contribution in [0, 0.1) is 5.82 Å². The van der Waals surface area contributed by atoms with Crippen LogP contribution in [-0.4, -0.2) is 13.7 Å². The first-order valence-electron chi connectivity index (χ1n) is 5.34. The fraction of sp³-hybridized carbons (Fsp3) is 0.385. The lowest BCUT2D eigenvalue weighted by atomic mass is 9.95. The van der Waals surface area contributed by atoms with Gasteiger partial charge in [-0.15, -0.1) is 0 Å². The Morgan fingerprint density at radius 2 is 2.12 bits per heavy atom. The van der Waals surface area contributed by atoms with Gasteiger partial charge in [0.25, 0.3) is 0 Å². The third-order valence-corrected chi connectivity index (χ3v) is 2.37. The molecule has 88 valence electrons. The largest absolute Gasteiger partial charge is 0.496 e. The van der Waals surface area contributed by atoms with Crippen molar-refractivity contribution in [1.82, 2.24) is 0 Å². The minimum Gasteiger partial charge on any atom is -0.496 e. The average molecular weight is 223 g/mol. The van der Waals surface area contributed by atoms with Gasteiger partial charge in [-0.2, -0.15) is 0 Å². The van der Waals surface area contributed by atoms with E-state index in [1.165, 1.54) is 12.1 Å². The summed E-state index contributed by atoms with van der Waals surface area (Å²) in [5, 5.41) is 0. The van der Waals surface area contributed by atoms with Crippen molar-refractivity contribution in [3.05, 3.63) is 35.2 Å². The zero-order valence-electron chi connectivity index (χ0n) is 9.96. The molecule has 0 bridgehead atoms. The summed E-state index contributed by atoms with van der Waals surface area (Å²) in [6.45, 7) is 4.54. The third-order valence-electron chi connectivity index (χ3n) is 2.37. The Balaban J connectivity index is 3.32. The van der Waals surface area contributed by atoms with E-state index in [0.29, 0.717) is 12.3 Å². The molecule has 0 saturated carbocycles. The summed E-state index contributed by atoms with van der Waals surface area (Å²) in [6, 6.07) is 2.92. The van der Waals surface area contributed by atoms with Crippen LogP contribution in [0.1, 0.15) is 30.9 Å². The predicted molar refractivity (Wildman–Crippen MR) is 65.1 cm³/mol. The first-order valence-corrected chi connectivity index (χ1v) is 5.34. The lowest BCUT2D eigenvalue weighted by Gasteiger charge is -2.15. The van der Waals surface area contributed by atoms with E-state index >= 15 is 0 Å². The molecule has 0 amide bonds. The van der Waals surface area contributed by atoms with E-state index in [-0.39, 0.29) is 11.7 Å². The molecule has 0 fully saturated rings. The van der Waals surface area contributed by atoms with Crippen LogP contribution in [0.2, 0.25) is 0 Å². The zero-order valence-corrected chi connectivity index (χ0v) is 9.96. The SMILES string of the molecule is COc1cc(F)cc(/C=C/CN)c1C(C)C. The normalized spacial score (nSPS) is 11.4. The van der Waals surface area contributed by atoms with E-state index in [1.54, 1.807) is 13.2 Å². The van der Waals surface area contributed by atoms with Crippen molar-refractivity contribution in [1.29, 1.82) is 0 Å². The van der Waals surface area contributed by atoms with Crippen LogP contribution in [0.25, 0.3) is 6.08 Å². The number of rotatable bonds is 4. The summed E-state index contributed by atoms with van der Waals surface area (Å²) in [6.07, 6.45) is 3.64. The van der Waals surface area contributed by atoms with Gasteiger partial charge in [0.2, 0.25) is 0 Å². The first kappa shape index (κ1) is 12.7. The van der Waals surface area contributed by atoms with Gasteiger partial charge in [-0.3, -0.25) is 0 Å². The number of benzene rings is 1. The molecular formula is C13H18FNO. The van der Waals surface area contributed by atoms with Gasteiger partial charge in [-0.25, -0.2) is 4.39 Å². The van der Waals surface area contributed by atoms with E-state index in [1.807, 2.05) is 6.08 Å². The molecule has 0 radical (unpaired) electrons. The van der Waals surface area contributed by atoms with E-state index in [4.69, 9.17) is 10.5 Å². The average Bonchev–Trinajstić information content (AvgIpc) is 2.24. The molecule has 16 heavy (non-hydrogen) atoms. The molecule has 2 N–H and O–H groups in total. The van der Waals surface area contributed by atoms with Crippen molar-refractivity contribution in [2.45, 2.75) is 19.8 Å². The highest BCUT2D eigenvalue weighted by Gasteiger charge is 2.13. The number of nitrogens with two attached hydrogens (primary N) is 1. The van der Waals surface area contributed by atoms with Crippen molar-refractivity contribution >= 4 is 6.08 Å². The highest BCUT2D eigenvalue weighted by atomic mass is 19.1. The summed E-state index contributed by atoms with van der Waals surface area (Å²) in [7, 11) is 1.55. The summed E-state index contributed by atoms with van der Waals surface area (Å²) in [5.41, 5.74) is 7.24. The van der Waals surface area contributed by atoms with E-state index in [9.17, 15) is 4.39 Å². The maximum atomic E-state index is 13.3. The minimum atomic E-state index is -0.294. The predicted octanol–water partition coefficient (Wildman–Crippen LogP) is 2.93. The van der Waals surface area contributed by atoms with Crippen LogP contribution in [0.15, 0.2) is 18.2 Å². The molecule has 2 nitrogen and oxygen atoms in total. The van der Waals surface area contributed by atoms with Crippen LogP contribution in [0.5, 0.6) is 5.75 Å². The number of methoxy groups -OCH3 is 1. The van der Waals surface area contributed by atoms with E-state index in [2.05, 4.69) is 13.8 Å². The Labute approximate surface area is 95.9 Å². The molecule has 0 saturated heterocycles. The van der Waals surface area contributed by atoms with Crippen molar-refractivity contribution in [2.75, 3.05) is 13.7 Å². The molecule has 0 aliphatic carbocycles. The van der Waals surface area contributed by atoms with Crippen molar-refractivity contribution < 1.29 is 9.13 Å². The first-order chi connectivity index (χ1) is 7.60. The molecule has 3 heteroatoms. The quantitative estimate of drug-likeness (QED) is 0.851. The minimum absolute atomic E-state index is 0.271. The van der Waals surface area contributed by atoms with E-state index < -0.39 is 0 Å². The molecule has 0 aliphatic heterocycles. The number of halogens is 1. The Bertz CT molecular complexity index is 386. The van der Waals surface area contributed by atoms with Gasteiger partial charge in [0.05, 0.1) is 7.11 Å². The fourth-order valence-electron chi connectivity index (χ4n) is 1.73. The highest BCUT2D eigenvalue weighted by molar-refractivity contribution is 5.59. The Morgan fingerprint density at radius 3 is 2.62 bits per heavy atom. The van der Waals surface area contributed by atoms with Gasteiger partial charge in [0.1, 0.15) is 11.6 Å². The standard InChI is InChI=1S/C13H18FNO/c1-9(2)13-10(5-4-6-15)7-11(14)8-12(13)16-3/h4-5,7-9H,6,15H2,1-3H3/b5-4+. The molecule has 0 atom stereocenters. The maximum Gasteiger partial charge on any atom is 0.127 e. The Hall–Kier alpha value is -1.35. The second kappa shape index (κ2) is 5.66. The Kier molecular flexibility index (Phi) is 4.50. The van der Waals surface area contributed by atoms with Crippen molar-refractivity contribution in [3.63, 3.8) is 0 Å². The molecule has 0 aliphatic rings. The summed E-state index contributed by atoms with van der Waals surface area (Å²) < 4.78 is 18.5. The van der Waals surface area contributed by atoms with Crippen LogP contribution < -0.4 is 10.5 Å². The summed E-state index contributed by atoms with van der Waals surface area (Å²) in [5.74, 6) is 0.567. The maximum absolute atomic E-state index is 13.3. The Morgan fingerprint density at radius 1 is 1.44 bits per heavy atom. The second-order valence-corrected chi connectivity index (χ2v) is 3.90. The fourth-order valence-corrected chi connectivity index (χ4v) is 1.73. The molecule has 1 rings (SSSR count). The second-order valence-electron chi connectivity index (χ2n) is 3.90. The summed E-state index contributed by atoms with van der Waals surface area (Å²) >= 11 is 0. The molecule has 0 spiro atoms. The monoisotopic (exact) mass is 223 g/mol. The highest BCUT2D eigenvalue weighted by Crippen LogP contribution is 2.31. The van der Waals surface area contributed by atoms with Crippen LogP contribution in [0.3, 0.4) is 0 Å². The van der Waals surface area contributed by atoms with Crippen LogP contribution in [-0.2, 0) is 0 Å². The zero-order chi connectivity index (χ0) is 12.1. The third kappa shape index (κ3) is 2.83. The number of hydrogen-bond acceptors (Lipinski definition) is 2. The van der Waals surface area contributed by atoms with Gasteiger partial charge < -0.3 is 10.5 Å². The van der Waals surface area contributed by atoms with Crippen molar-refractivity contribution in [3.8, 4) is 5.75 Å². The van der Waals surface area contributed by atoms with Crippen LogP contribution in [0.4, 0.5) is 4.39 Å². The smallest absolute Gasteiger partial charge is 0.127 e. The number of ether oxygens (including phenoxy) is 1. The van der Waals surface area contributed by atoms with Crippen LogP contribution >= 0.6 is 0 Å². The van der Waals surface area contributed by atoms with Gasteiger partial charge >= 0.3 is 0 Å².